The number of rotatable bonds is 2. The maximum absolute atomic E-state index is 11.8. The minimum Gasteiger partial charge on any atom is -0.449 e. The number of aromatic amines is 1. The molecule has 2 aromatic rings. The van der Waals surface area contributed by atoms with Crippen molar-refractivity contribution in [2.45, 2.75) is 13.3 Å². The molecule has 1 heterocycles. The molecule has 0 unspecified atom stereocenters. The highest BCUT2D eigenvalue weighted by Gasteiger charge is 2.14. The van der Waals surface area contributed by atoms with Crippen molar-refractivity contribution in [2.75, 3.05) is 6.61 Å². The van der Waals surface area contributed by atoms with Crippen molar-refractivity contribution < 1.29 is 9.53 Å². The summed E-state index contributed by atoms with van der Waals surface area (Å²) in [7, 11) is 0. The highest BCUT2D eigenvalue weighted by Crippen LogP contribution is 2.06. The SMILES string of the molecule is CCCOC(=O)n1c(=O)[nH]c(=O)c2ccccc21. The molecular weight excluding hydrogens is 236 g/mol. The fourth-order valence-corrected chi connectivity index (χ4v) is 1.63. The van der Waals surface area contributed by atoms with Crippen molar-refractivity contribution >= 4 is 17.0 Å². The molecule has 94 valence electrons. The highest BCUT2D eigenvalue weighted by molar-refractivity contribution is 5.86. The van der Waals surface area contributed by atoms with E-state index in [1.54, 1.807) is 12.1 Å². The number of nitrogens with zero attached hydrogens (tertiary/aromatic N) is 1. The van der Waals surface area contributed by atoms with Crippen LogP contribution >= 0.6 is 0 Å². The number of para-hydroxylation sites is 1. The van der Waals surface area contributed by atoms with Gasteiger partial charge in [-0.15, -0.1) is 0 Å². The van der Waals surface area contributed by atoms with Crippen LogP contribution in [0, 0.1) is 0 Å². The van der Waals surface area contributed by atoms with E-state index in [0.717, 1.165) is 4.57 Å². The van der Waals surface area contributed by atoms with E-state index < -0.39 is 17.3 Å². The summed E-state index contributed by atoms with van der Waals surface area (Å²) < 4.78 is 5.73. The number of benzene rings is 1. The van der Waals surface area contributed by atoms with Crippen LogP contribution in [0.3, 0.4) is 0 Å². The van der Waals surface area contributed by atoms with Crippen LogP contribution < -0.4 is 11.2 Å². The highest BCUT2D eigenvalue weighted by atomic mass is 16.5. The van der Waals surface area contributed by atoms with Crippen molar-refractivity contribution in [1.82, 2.24) is 9.55 Å². The standard InChI is InChI=1S/C12H12N2O4/c1-2-7-18-12(17)14-9-6-4-3-5-8(9)10(15)13-11(14)16/h3-6H,2,7H2,1H3,(H,13,15,16). The molecular formula is C12H12N2O4. The lowest BCUT2D eigenvalue weighted by Gasteiger charge is -2.07. The van der Waals surface area contributed by atoms with E-state index >= 15 is 0 Å². The fourth-order valence-electron chi connectivity index (χ4n) is 1.63. The van der Waals surface area contributed by atoms with Crippen molar-refractivity contribution in [3.05, 3.63) is 45.1 Å². The Hall–Kier alpha value is -2.37. The Labute approximate surface area is 102 Å². The van der Waals surface area contributed by atoms with E-state index in [4.69, 9.17) is 4.74 Å². The van der Waals surface area contributed by atoms with Gasteiger partial charge in [-0.1, -0.05) is 19.1 Å². The monoisotopic (exact) mass is 248 g/mol. The van der Waals surface area contributed by atoms with Gasteiger partial charge in [0.25, 0.3) is 5.56 Å². The van der Waals surface area contributed by atoms with Crippen LogP contribution in [0.2, 0.25) is 0 Å². The van der Waals surface area contributed by atoms with E-state index in [-0.39, 0.29) is 17.5 Å². The van der Waals surface area contributed by atoms with Crippen LogP contribution in [0.1, 0.15) is 13.3 Å². The van der Waals surface area contributed by atoms with E-state index in [1.165, 1.54) is 12.1 Å². The van der Waals surface area contributed by atoms with Crippen molar-refractivity contribution in [1.29, 1.82) is 0 Å². The van der Waals surface area contributed by atoms with E-state index in [9.17, 15) is 14.4 Å². The molecule has 1 aromatic heterocycles. The van der Waals surface area contributed by atoms with Crippen LogP contribution in [0.5, 0.6) is 0 Å². The Bertz CT molecular complexity index is 699. The second kappa shape index (κ2) is 4.87. The average molecular weight is 248 g/mol. The lowest BCUT2D eigenvalue weighted by Crippen LogP contribution is -2.35. The zero-order chi connectivity index (χ0) is 13.1. The molecule has 0 bridgehead atoms. The molecule has 0 radical (unpaired) electrons. The van der Waals surface area contributed by atoms with Gasteiger partial charge in [0.2, 0.25) is 0 Å². The lowest BCUT2D eigenvalue weighted by molar-refractivity contribution is 0.148. The van der Waals surface area contributed by atoms with Crippen LogP contribution in [0.4, 0.5) is 4.79 Å². The van der Waals surface area contributed by atoms with Crippen LogP contribution in [0.15, 0.2) is 33.9 Å². The smallest absolute Gasteiger partial charge is 0.422 e. The van der Waals surface area contributed by atoms with Gasteiger partial charge in [0.1, 0.15) is 0 Å². The number of nitrogens with one attached hydrogen (secondary N) is 1. The number of carbonyl (C=O) groups is 1. The quantitative estimate of drug-likeness (QED) is 0.862. The molecule has 0 amide bonds. The summed E-state index contributed by atoms with van der Waals surface area (Å²) in [5.74, 6) is 0. The summed E-state index contributed by atoms with van der Waals surface area (Å²) in [5, 5.41) is 0.269. The Morgan fingerprint density at radius 3 is 2.78 bits per heavy atom. The predicted octanol–water partition coefficient (Wildman–Crippen LogP) is 1.08. The van der Waals surface area contributed by atoms with Crippen LogP contribution in [-0.2, 0) is 4.74 Å². The molecule has 1 aromatic carbocycles. The zero-order valence-corrected chi connectivity index (χ0v) is 9.80. The van der Waals surface area contributed by atoms with Crippen LogP contribution in [-0.4, -0.2) is 22.3 Å². The largest absolute Gasteiger partial charge is 0.449 e. The summed E-state index contributed by atoms with van der Waals surface area (Å²) in [6.45, 7) is 2.07. The Morgan fingerprint density at radius 1 is 1.33 bits per heavy atom. The number of carbonyl (C=O) groups excluding carboxylic acids is 1. The first kappa shape index (κ1) is 12.1. The molecule has 18 heavy (non-hydrogen) atoms. The van der Waals surface area contributed by atoms with Gasteiger partial charge < -0.3 is 4.74 Å². The van der Waals surface area contributed by atoms with Gasteiger partial charge in [0.15, 0.2) is 0 Å². The summed E-state index contributed by atoms with van der Waals surface area (Å²) >= 11 is 0. The van der Waals surface area contributed by atoms with E-state index in [2.05, 4.69) is 4.98 Å². The summed E-state index contributed by atoms with van der Waals surface area (Å²) in [4.78, 5) is 37.1. The molecule has 0 aliphatic rings. The van der Waals surface area contributed by atoms with Gasteiger partial charge in [0.05, 0.1) is 17.5 Å². The molecule has 0 aliphatic heterocycles. The number of fused-ring (bicyclic) bond motifs is 1. The van der Waals surface area contributed by atoms with E-state index in [1.807, 2.05) is 6.92 Å². The first-order chi connectivity index (χ1) is 8.65. The lowest BCUT2D eigenvalue weighted by atomic mass is 10.2. The third-order valence-electron chi connectivity index (χ3n) is 2.43. The second-order valence-corrected chi connectivity index (χ2v) is 3.73. The predicted molar refractivity (Wildman–Crippen MR) is 65.9 cm³/mol. The van der Waals surface area contributed by atoms with Crippen molar-refractivity contribution in [3.63, 3.8) is 0 Å². The average Bonchev–Trinajstić information content (AvgIpc) is 2.36. The number of ether oxygens (including phenoxy) is 1. The second-order valence-electron chi connectivity index (χ2n) is 3.73. The zero-order valence-electron chi connectivity index (χ0n) is 9.80. The van der Waals surface area contributed by atoms with Gasteiger partial charge >= 0.3 is 11.8 Å². The summed E-state index contributed by atoms with van der Waals surface area (Å²) in [6.07, 6.45) is -0.129. The van der Waals surface area contributed by atoms with Crippen molar-refractivity contribution in [3.8, 4) is 0 Å². The number of aromatic nitrogens is 2. The molecule has 2 rings (SSSR count). The minimum atomic E-state index is -0.792. The van der Waals surface area contributed by atoms with Gasteiger partial charge in [-0.2, -0.15) is 4.57 Å². The Balaban J connectivity index is 2.67. The Kier molecular flexibility index (Phi) is 3.27. The van der Waals surface area contributed by atoms with Gasteiger partial charge in [-0.25, -0.2) is 9.59 Å². The van der Waals surface area contributed by atoms with Crippen molar-refractivity contribution in [2.24, 2.45) is 0 Å². The normalized spacial score (nSPS) is 10.5. The number of hydrogen-bond acceptors (Lipinski definition) is 4. The molecule has 0 spiro atoms. The van der Waals surface area contributed by atoms with E-state index in [0.29, 0.717) is 6.42 Å². The first-order valence-corrected chi connectivity index (χ1v) is 5.56. The third-order valence-corrected chi connectivity index (χ3v) is 2.43. The molecule has 6 heteroatoms. The molecule has 0 saturated heterocycles. The Morgan fingerprint density at radius 2 is 2.06 bits per heavy atom. The first-order valence-electron chi connectivity index (χ1n) is 5.56. The van der Waals surface area contributed by atoms with Gasteiger partial charge in [0, 0.05) is 0 Å². The molecule has 1 N–H and O–H groups in total. The van der Waals surface area contributed by atoms with Gasteiger partial charge in [-0.3, -0.25) is 9.78 Å². The molecule has 0 aliphatic carbocycles. The number of hydrogen-bond donors (Lipinski definition) is 1. The molecule has 0 saturated carbocycles. The molecule has 0 fully saturated rings. The summed E-state index contributed by atoms with van der Waals surface area (Å²) in [5.41, 5.74) is -1.07. The molecule has 6 nitrogen and oxygen atoms in total. The van der Waals surface area contributed by atoms with Crippen LogP contribution in [0.25, 0.3) is 10.9 Å². The van der Waals surface area contributed by atoms with Gasteiger partial charge in [-0.05, 0) is 18.6 Å². The molecule has 0 atom stereocenters. The topological polar surface area (TPSA) is 81.2 Å². The number of H-pyrrole nitrogens is 1. The third kappa shape index (κ3) is 2.04. The maximum atomic E-state index is 11.8. The summed E-state index contributed by atoms with van der Waals surface area (Å²) in [6, 6.07) is 6.37. The fraction of sp³-hybridized carbons (Fsp3) is 0.250. The maximum Gasteiger partial charge on any atom is 0.422 e. The minimum absolute atomic E-state index is 0.221.